The van der Waals surface area contributed by atoms with Crippen molar-refractivity contribution in [3.05, 3.63) is 35.9 Å². The van der Waals surface area contributed by atoms with Crippen molar-refractivity contribution in [1.29, 1.82) is 0 Å². The lowest BCUT2D eigenvalue weighted by Crippen LogP contribution is -2.46. The number of benzene rings is 1. The number of carbonyl (C=O) groups excluding carboxylic acids is 2. The fourth-order valence-corrected chi connectivity index (χ4v) is 2.44. The van der Waals surface area contributed by atoms with Crippen molar-refractivity contribution < 1.29 is 9.59 Å². The Morgan fingerprint density at radius 1 is 1.29 bits per heavy atom. The Bertz CT molecular complexity index is 467. The second kappa shape index (κ2) is 8.64. The molecule has 1 heterocycles. The summed E-state index contributed by atoms with van der Waals surface area (Å²) in [5.41, 5.74) is 6.22. The second-order valence-corrected chi connectivity index (χ2v) is 5.13. The lowest BCUT2D eigenvalue weighted by molar-refractivity contribution is -0.131. The third kappa shape index (κ3) is 5.02. The zero-order valence-corrected chi connectivity index (χ0v) is 12.8. The van der Waals surface area contributed by atoms with Gasteiger partial charge in [-0.25, -0.2) is 0 Å². The Morgan fingerprint density at radius 2 is 2.00 bits per heavy atom. The number of carbonyl (C=O) groups is 2. The maximum Gasteiger partial charge on any atom is 0.251 e. The highest BCUT2D eigenvalue weighted by atomic mass is 35.5. The van der Waals surface area contributed by atoms with E-state index in [0.29, 0.717) is 24.6 Å². The summed E-state index contributed by atoms with van der Waals surface area (Å²) in [6, 6.07) is 8.90. The van der Waals surface area contributed by atoms with Crippen LogP contribution in [0.4, 0.5) is 0 Å². The van der Waals surface area contributed by atoms with E-state index in [1.807, 2.05) is 6.07 Å². The molecule has 1 unspecified atom stereocenters. The van der Waals surface area contributed by atoms with Crippen LogP contribution in [0.3, 0.4) is 0 Å². The lowest BCUT2D eigenvalue weighted by atomic mass is 9.98. The van der Waals surface area contributed by atoms with E-state index in [9.17, 15) is 9.59 Å². The zero-order chi connectivity index (χ0) is 14.4. The van der Waals surface area contributed by atoms with E-state index in [1.165, 1.54) is 0 Å². The number of nitrogens with two attached hydrogens (primary N) is 1. The highest BCUT2D eigenvalue weighted by Gasteiger charge is 2.22. The predicted molar refractivity (Wildman–Crippen MR) is 84.4 cm³/mol. The number of halogens is 1. The van der Waals surface area contributed by atoms with Crippen molar-refractivity contribution in [1.82, 2.24) is 10.2 Å². The molecule has 1 aliphatic heterocycles. The van der Waals surface area contributed by atoms with E-state index in [-0.39, 0.29) is 30.8 Å². The highest BCUT2D eigenvalue weighted by molar-refractivity contribution is 5.96. The smallest absolute Gasteiger partial charge is 0.251 e. The Balaban J connectivity index is 0.00000220. The number of nitrogens with one attached hydrogen (secondary N) is 1. The summed E-state index contributed by atoms with van der Waals surface area (Å²) in [5.74, 6) is 0.135. The molecule has 2 rings (SSSR count). The van der Waals surface area contributed by atoms with Gasteiger partial charge in [0.05, 0.1) is 6.54 Å². The molecule has 0 aliphatic carbocycles. The summed E-state index contributed by atoms with van der Waals surface area (Å²) < 4.78 is 0. The number of nitrogens with zero attached hydrogens (tertiary/aromatic N) is 1. The van der Waals surface area contributed by atoms with Gasteiger partial charge in [0.1, 0.15) is 0 Å². The van der Waals surface area contributed by atoms with Gasteiger partial charge < -0.3 is 16.0 Å². The summed E-state index contributed by atoms with van der Waals surface area (Å²) in [5, 5.41) is 2.67. The van der Waals surface area contributed by atoms with E-state index >= 15 is 0 Å². The van der Waals surface area contributed by atoms with Crippen molar-refractivity contribution in [2.24, 2.45) is 11.7 Å². The molecule has 1 aromatic carbocycles. The number of likely N-dealkylation sites (tertiary alicyclic amines) is 1. The van der Waals surface area contributed by atoms with Crippen LogP contribution in [-0.2, 0) is 4.79 Å². The van der Waals surface area contributed by atoms with Crippen molar-refractivity contribution in [2.75, 3.05) is 26.2 Å². The Kier molecular flexibility index (Phi) is 7.19. The molecule has 2 amide bonds. The van der Waals surface area contributed by atoms with Gasteiger partial charge in [-0.15, -0.1) is 12.4 Å². The first-order valence-electron chi connectivity index (χ1n) is 7.02. The number of hydrogen-bond donors (Lipinski definition) is 2. The molecule has 6 heteroatoms. The standard InChI is InChI=1S/C15H21N3O2.ClH/c16-9-12-5-4-8-18(11-12)14(19)10-17-15(20)13-6-2-1-3-7-13;/h1-3,6-7,12H,4-5,8-11,16H2,(H,17,20);1H. The van der Waals surface area contributed by atoms with Gasteiger partial charge in [-0.05, 0) is 37.4 Å². The second-order valence-electron chi connectivity index (χ2n) is 5.13. The number of hydrogen-bond acceptors (Lipinski definition) is 3. The van der Waals surface area contributed by atoms with Crippen LogP contribution >= 0.6 is 12.4 Å². The molecule has 1 fully saturated rings. The van der Waals surface area contributed by atoms with Gasteiger partial charge in [0.15, 0.2) is 0 Å². The Labute approximate surface area is 131 Å². The van der Waals surface area contributed by atoms with Crippen LogP contribution in [0, 0.1) is 5.92 Å². The van der Waals surface area contributed by atoms with Crippen molar-refractivity contribution in [2.45, 2.75) is 12.8 Å². The average molecular weight is 312 g/mol. The van der Waals surface area contributed by atoms with Gasteiger partial charge in [0.25, 0.3) is 5.91 Å². The fraction of sp³-hybridized carbons (Fsp3) is 0.467. The largest absolute Gasteiger partial charge is 0.343 e. The molecule has 1 aromatic rings. The first kappa shape index (κ1) is 17.5. The normalized spacial score (nSPS) is 17.8. The SMILES string of the molecule is Cl.NCC1CCCN(C(=O)CNC(=O)c2ccccc2)C1. The van der Waals surface area contributed by atoms with Gasteiger partial charge in [0, 0.05) is 18.7 Å². The quantitative estimate of drug-likeness (QED) is 0.872. The molecular formula is C15H22ClN3O2. The molecule has 1 aliphatic rings. The minimum absolute atomic E-state index is 0. The Morgan fingerprint density at radius 3 is 2.67 bits per heavy atom. The van der Waals surface area contributed by atoms with Crippen LogP contribution in [0.5, 0.6) is 0 Å². The van der Waals surface area contributed by atoms with Crippen LogP contribution < -0.4 is 11.1 Å². The molecule has 0 aromatic heterocycles. The van der Waals surface area contributed by atoms with E-state index in [2.05, 4.69) is 5.32 Å². The molecular weight excluding hydrogens is 290 g/mol. The van der Waals surface area contributed by atoms with Crippen LogP contribution in [0.1, 0.15) is 23.2 Å². The molecule has 21 heavy (non-hydrogen) atoms. The summed E-state index contributed by atoms with van der Waals surface area (Å²) in [6.07, 6.45) is 2.07. The van der Waals surface area contributed by atoms with E-state index in [1.54, 1.807) is 29.2 Å². The minimum atomic E-state index is -0.216. The maximum absolute atomic E-state index is 12.1. The molecule has 0 radical (unpaired) electrons. The molecule has 0 spiro atoms. The van der Waals surface area contributed by atoms with Gasteiger partial charge in [-0.3, -0.25) is 9.59 Å². The number of rotatable bonds is 4. The molecule has 1 atom stereocenters. The molecule has 116 valence electrons. The van der Waals surface area contributed by atoms with Crippen molar-refractivity contribution in [3.63, 3.8) is 0 Å². The van der Waals surface area contributed by atoms with Crippen LogP contribution in [0.15, 0.2) is 30.3 Å². The molecule has 5 nitrogen and oxygen atoms in total. The van der Waals surface area contributed by atoms with Gasteiger partial charge >= 0.3 is 0 Å². The monoisotopic (exact) mass is 311 g/mol. The molecule has 0 saturated carbocycles. The molecule has 1 saturated heterocycles. The summed E-state index contributed by atoms with van der Waals surface area (Å²) in [7, 11) is 0. The minimum Gasteiger partial charge on any atom is -0.343 e. The Hall–Kier alpha value is -1.59. The average Bonchev–Trinajstić information content (AvgIpc) is 2.53. The number of amides is 2. The summed E-state index contributed by atoms with van der Waals surface area (Å²) >= 11 is 0. The zero-order valence-electron chi connectivity index (χ0n) is 12.0. The third-order valence-electron chi connectivity index (χ3n) is 3.64. The molecule has 0 bridgehead atoms. The predicted octanol–water partition coefficient (Wildman–Crippen LogP) is 1.04. The first-order chi connectivity index (χ1) is 9.70. The number of piperidine rings is 1. The van der Waals surface area contributed by atoms with E-state index in [4.69, 9.17) is 5.73 Å². The highest BCUT2D eigenvalue weighted by Crippen LogP contribution is 2.14. The van der Waals surface area contributed by atoms with Gasteiger partial charge in [-0.2, -0.15) is 0 Å². The van der Waals surface area contributed by atoms with Crippen molar-refractivity contribution >= 4 is 24.2 Å². The topological polar surface area (TPSA) is 75.4 Å². The van der Waals surface area contributed by atoms with Crippen LogP contribution in [-0.4, -0.2) is 42.9 Å². The molecule has 3 N–H and O–H groups in total. The van der Waals surface area contributed by atoms with Crippen molar-refractivity contribution in [3.8, 4) is 0 Å². The van der Waals surface area contributed by atoms with E-state index in [0.717, 1.165) is 19.4 Å². The van der Waals surface area contributed by atoms with Gasteiger partial charge in [0.2, 0.25) is 5.91 Å². The van der Waals surface area contributed by atoms with Gasteiger partial charge in [-0.1, -0.05) is 18.2 Å². The summed E-state index contributed by atoms with van der Waals surface area (Å²) in [4.78, 5) is 25.7. The van der Waals surface area contributed by atoms with E-state index < -0.39 is 0 Å². The fourth-order valence-electron chi connectivity index (χ4n) is 2.44. The van der Waals surface area contributed by atoms with Crippen LogP contribution in [0.25, 0.3) is 0 Å². The third-order valence-corrected chi connectivity index (χ3v) is 3.64. The summed E-state index contributed by atoms with van der Waals surface area (Å²) in [6.45, 7) is 2.12. The maximum atomic E-state index is 12.1. The van der Waals surface area contributed by atoms with Crippen LogP contribution in [0.2, 0.25) is 0 Å². The lowest BCUT2D eigenvalue weighted by Gasteiger charge is -2.32. The first-order valence-corrected chi connectivity index (χ1v) is 7.02.